The molecule has 0 aliphatic heterocycles. The van der Waals surface area contributed by atoms with Crippen molar-refractivity contribution in [2.45, 2.75) is 6.18 Å². The van der Waals surface area contributed by atoms with Gasteiger partial charge >= 0.3 is 12.1 Å². The van der Waals surface area contributed by atoms with Gasteiger partial charge in [-0.3, -0.25) is 9.59 Å². The molecule has 0 fully saturated rings. The third-order valence-corrected chi connectivity index (χ3v) is 5.22. The number of nitrogens with one attached hydrogen (secondary N) is 2. The summed E-state index contributed by atoms with van der Waals surface area (Å²) in [5.74, 6) is -1.83. The molecule has 194 valence electrons. The van der Waals surface area contributed by atoms with Crippen molar-refractivity contribution in [3.8, 4) is 11.5 Å². The van der Waals surface area contributed by atoms with E-state index < -0.39 is 42.7 Å². The number of benzene rings is 3. The monoisotopic (exact) mass is 580 g/mol. The molecule has 0 spiro atoms. The van der Waals surface area contributed by atoms with E-state index in [2.05, 4.69) is 26.6 Å². The number of esters is 1. The van der Waals surface area contributed by atoms with Crippen molar-refractivity contribution in [1.29, 1.82) is 0 Å². The van der Waals surface area contributed by atoms with Crippen molar-refractivity contribution in [1.82, 2.24) is 0 Å². The first-order valence-electron chi connectivity index (χ1n) is 10.6. The van der Waals surface area contributed by atoms with E-state index in [1.807, 2.05) is 0 Å². The summed E-state index contributed by atoms with van der Waals surface area (Å²) in [7, 11) is 1.31. The molecule has 0 aliphatic rings. The van der Waals surface area contributed by atoms with E-state index in [4.69, 9.17) is 14.2 Å². The van der Waals surface area contributed by atoms with Gasteiger partial charge in [0.05, 0.1) is 18.2 Å². The number of amides is 2. The average Bonchev–Trinajstić information content (AvgIpc) is 2.87. The van der Waals surface area contributed by atoms with Gasteiger partial charge in [-0.15, -0.1) is 0 Å². The minimum absolute atomic E-state index is 0.0438. The molecular formula is C25H20BrF3N2O6. The number of rotatable bonds is 9. The first-order chi connectivity index (χ1) is 17.5. The van der Waals surface area contributed by atoms with Crippen LogP contribution in [0, 0.1) is 0 Å². The summed E-state index contributed by atoms with van der Waals surface area (Å²) in [5.41, 5.74) is -0.350. The highest BCUT2D eigenvalue weighted by Crippen LogP contribution is 2.31. The molecule has 2 N–H and O–H groups in total. The molecule has 0 bridgehead atoms. The van der Waals surface area contributed by atoms with Crippen LogP contribution in [0.3, 0.4) is 0 Å². The van der Waals surface area contributed by atoms with Crippen molar-refractivity contribution in [2.75, 3.05) is 31.0 Å². The summed E-state index contributed by atoms with van der Waals surface area (Å²) in [6.07, 6.45) is -4.54. The summed E-state index contributed by atoms with van der Waals surface area (Å²) in [4.78, 5) is 36.5. The number of alkyl halides is 3. The number of ether oxygens (including phenoxy) is 3. The Labute approximate surface area is 217 Å². The fraction of sp³-hybridized carbons (Fsp3) is 0.160. The fourth-order valence-electron chi connectivity index (χ4n) is 2.97. The van der Waals surface area contributed by atoms with E-state index in [1.54, 1.807) is 24.3 Å². The Balaban J connectivity index is 1.54. The molecule has 0 aliphatic carbocycles. The van der Waals surface area contributed by atoms with Crippen molar-refractivity contribution >= 4 is 45.1 Å². The van der Waals surface area contributed by atoms with E-state index in [0.717, 1.165) is 16.6 Å². The molecule has 3 rings (SSSR count). The average molecular weight is 581 g/mol. The van der Waals surface area contributed by atoms with Gasteiger partial charge in [-0.25, -0.2) is 4.79 Å². The standard InChI is InChI=1S/C25H20BrF3N2O6/c1-35-21-11-15(24(34)37-14-23(33)30-18-8-6-17(26)7-9-18)5-10-20(21)36-13-22(32)31-19-4-2-3-16(12-19)25(27,28)29/h2-12H,13-14H2,1H3,(H,30,33)(H,31,32). The summed E-state index contributed by atoms with van der Waals surface area (Å²) in [6.45, 7) is -1.06. The highest BCUT2D eigenvalue weighted by atomic mass is 79.9. The van der Waals surface area contributed by atoms with Crippen LogP contribution in [0.4, 0.5) is 24.5 Å². The molecule has 2 amide bonds. The first kappa shape index (κ1) is 27.5. The lowest BCUT2D eigenvalue weighted by molar-refractivity contribution is -0.137. The van der Waals surface area contributed by atoms with Crippen LogP contribution in [0.5, 0.6) is 11.5 Å². The highest BCUT2D eigenvalue weighted by molar-refractivity contribution is 9.10. The molecule has 3 aromatic carbocycles. The van der Waals surface area contributed by atoms with E-state index >= 15 is 0 Å². The van der Waals surface area contributed by atoms with Gasteiger partial charge in [0.25, 0.3) is 11.8 Å². The predicted molar refractivity (Wildman–Crippen MR) is 132 cm³/mol. The molecule has 0 atom stereocenters. The van der Waals surface area contributed by atoms with Gasteiger partial charge < -0.3 is 24.8 Å². The number of methoxy groups -OCH3 is 1. The molecule has 0 unspecified atom stereocenters. The summed E-state index contributed by atoms with van der Waals surface area (Å²) >= 11 is 3.29. The van der Waals surface area contributed by atoms with E-state index in [9.17, 15) is 27.6 Å². The second-order valence-corrected chi connectivity index (χ2v) is 8.33. The van der Waals surface area contributed by atoms with Crippen LogP contribution in [0.1, 0.15) is 15.9 Å². The van der Waals surface area contributed by atoms with E-state index in [-0.39, 0.29) is 22.7 Å². The third-order valence-electron chi connectivity index (χ3n) is 4.69. The van der Waals surface area contributed by atoms with Crippen molar-refractivity contribution in [3.05, 3.63) is 82.3 Å². The van der Waals surface area contributed by atoms with E-state index in [1.165, 1.54) is 37.4 Å². The summed E-state index contributed by atoms with van der Waals surface area (Å²) in [6, 6.07) is 15.0. The van der Waals surface area contributed by atoms with Gasteiger partial charge in [0.2, 0.25) is 0 Å². The Morgan fingerprint density at radius 3 is 2.19 bits per heavy atom. The number of hydrogen-bond donors (Lipinski definition) is 2. The molecule has 0 radical (unpaired) electrons. The number of anilines is 2. The SMILES string of the molecule is COc1cc(C(=O)OCC(=O)Nc2ccc(Br)cc2)ccc1OCC(=O)Nc1cccc(C(F)(F)F)c1. The first-order valence-corrected chi connectivity index (χ1v) is 11.3. The topological polar surface area (TPSA) is 103 Å². The fourth-order valence-corrected chi connectivity index (χ4v) is 3.24. The molecular weight excluding hydrogens is 561 g/mol. The molecule has 0 aromatic heterocycles. The van der Waals surface area contributed by atoms with Crippen LogP contribution in [-0.2, 0) is 20.5 Å². The Morgan fingerprint density at radius 1 is 0.838 bits per heavy atom. The van der Waals surface area contributed by atoms with Crippen LogP contribution in [0.25, 0.3) is 0 Å². The maximum Gasteiger partial charge on any atom is 0.416 e. The Morgan fingerprint density at radius 2 is 1.51 bits per heavy atom. The third kappa shape index (κ3) is 8.24. The molecule has 12 heteroatoms. The molecule has 8 nitrogen and oxygen atoms in total. The number of carbonyl (C=O) groups is 3. The predicted octanol–water partition coefficient (Wildman–Crippen LogP) is 5.29. The lowest BCUT2D eigenvalue weighted by Gasteiger charge is -2.13. The Hall–Kier alpha value is -4.06. The lowest BCUT2D eigenvalue weighted by Crippen LogP contribution is -2.21. The Kier molecular flexibility index (Phi) is 9.12. The van der Waals surface area contributed by atoms with Crippen LogP contribution < -0.4 is 20.1 Å². The maximum atomic E-state index is 12.8. The zero-order valence-corrected chi connectivity index (χ0v) is 20.8. The maximum absolute atomic E-state index is 12.8. The van der Waals surface area contributed by atoms with Gasteiger partial charge in [0.15, 0.2) is 24.7 Å². The lowest BCUT2D eigenvalue weighted by atomic mass is 10.2. The largest absolute Gasteiger partial charge is 0.493 e. The molecule has 0 saturated carbocycles. The minimum Gasteiger partial charge on any atom is -0.493 e. The summed E-state index contributed by atoms with van der Waals surface area (Å²) < 4.78 is 54.9. The molecule has 37 heavy (non-hydrogen) atoms. The van der Waals surface area contributed by atoms with E-state index in [0.29, 0.717) is 5.69 Å². The quantitative estimate of drug-likeness (QED) is 0.333. The number of halogens is 4. The molecule has 0 heterocycles. The smallest absolute Gasteiger partial charge is 0.416 e. The molecule has 3 aromatic rings. The zero-order chi connectivity index (χ0) is 27.0. The molecule has 0 saturated heterocycles. The van der Waals surface area contributed by atoms with Gasteiger partial charge in [-0.2, -0.15) is 13.2 Å². The number of carbonyl (C=O) groups excluding carboxylic acids is 3. The Bertz CT molecular complexity index is 1280. The van der Waals surface area contributed by atoms with Crippen molar-refractivity contribution in [3.63, 3.8) is 0 Å². The number of hydrogen-bond acceptors (Lipinski definition) is 6. The van der Waals surface area contributed by atoms with Gasteiger partial charge in [0.1, 0.15) is 0 Å². The highest BCUT2D eigenvalue weighted by Gasteiger charge is 2.30. The normalized spacial score (nSPS) is 10.8. The van der Waals surface area contributed by atoms with Crippen LogP contribution >= 0.6 is 15.9 Å². The van der Waals surface area contributed by atoms with Crippen molar-refractivity contribution in [2.24, 2.45) is 0 Å². The zero-order valence-electron chi connectivity index (χ0n) is 19.2. The minimum atomic E-state index is -4.54. The van der Waals surface area contributed by atoms with Crippen LogP contribution in [0.2, 0.25) is 0 Å². The second kappa shape index (κ2) is 12.3. The van der Waals surface area contributed by atoms with Crippen molar-refractivity contribution < 1.29 is 41.8 Å². The van der Waals surface area contributed by atoms with Gasteiger partial charge in [-0.05, 0) is 60.7 Å². The van der Waals surface area contributed by atoms with Crippen LogP contribution in [-0.4, -0.2) is 38.1 Å². The van der Waals surface area contributed by atoms with Gasteiger partial charge in [0, 0.05) is 15.8 Å². The second-order valence-electron chi connectivity index (χ2n) is 7.41. The summed E-state index contributed by atoms with van der Waals surface area (Å²) in [5, 5.41) is 4.91. The van der Waals surface area contributed by atoms with Gasteiger partial charge in [-0.1, -0.05) is 22.0 Å². The van der Waals surface area contributed by atoms with Crippen LogP contribution in [0.15, 0.2) is 71.2 Å².